The van der Waals surface area contributed by atoms with Crippen LogP contribution in [0.3, 0.4) is 0 Å². The Morgan fingerprint density at radius 1 is 0.750 bits per heavy atom. The predicted octanol–water partition coefficient (Wildman–Crippen LogP) is 2.76. The Bertz CT molecular complexity index is 1080. The lowest BCUT2D eigenvalue weighted by atomic mass is 9.94. The molecule has 7 N–H and O–H groups in total. The standard InChI is InChI=1S/C33H55N5O6/c1-9-22(8)30(32(42)38-29(21(6)7)33(43)44)37-28(40)18-24(34)25(17-23-13-11-10-12-14-23)36-31(41)26(15-19(2)3)35-27(39)16-20(4)5/h10-14,19-22,24-26,29-30H,9,15-18,34H2,1-8H3,(H,35,39)(H,36,41)(H,37,40)(H,38,42)(H,43,44)/t22-,24-,25-,26-,29-,30-/m0/s1. The summed E-state index contributed by atoms with van der Waals surface area (Å²) >= 11 is 0. The Morgan fingerprint density at radius 2 is 1.34 bits per heavy atom. The van der Waals surface area contributed by atoms with Crippen molar-refractivity contribution >= 4 is 29.6 Å². The van der Waals surface area contributed by atoms with Crippen molar-refractivity contribution in [3.8, 4) is 0 Å². The molecular weight excluding hydrogens is 562 g/mol. The first kappa shape index (κ1) is 38.6. The zero-order valence-corrected chi connectivity index (χ0v) is 27.7. The van der Waals surface area contributed by atoms with Gasteiger partial charge in [-0.15, -0.1) is 0 Å². The van der Waals surface area contributed by atoms with E-state index in [4.69, 9.17) is 5.73 Å². The van der Waals surface area contributed by atoms with E-state index < -0.39 is 48.0 Å². The Morgan fingerprint density at radius 3 is 1.84 bits per heavy atom. The summed E-state index contributed by atoms with van der Waals surface area (Å²) in [6.07, 6.45) is 1.45. The maximum atomic E-state index is 13.5. The van der Waals surface area contributed by atoms with E-state index in [1.165, 1.54) is 0 Å². The number of carbonyl (C=O) groups excluding carboxylic acids is 4. The van der Waals surface area contributed by atoms with Crippen LogP contribution in [0.5, 0.6) is 0 Å². The minimum Gasteiger partial charge on any atom is -0.480 e. The van der Waals surface area contributed by atoms with Gasteiger partial charge in [0.1, 0.15) is 18.1 Å². The van der Waals surface area contributed by atoms with Crippen molar-refractivity contribution in [3.05, 3.63) is 35.9 Å². The summed E-state index contributed by atoms with van der Waals surface area (Å²) in [6.45, 7) is 14.9. The van der Waals surface area contributed by atoms with E-state index in [2.05, 4.69) is 21.3 Å². The van der Waals surface area contributed by atoms with E-state index in [1.807, 2.05) is 65.0 Å². The monoisotopic (exact) mass is 617 g/mol. The van der Waals surface area contributed by atoms with Gasteiger partial charge in [0, 0.05) is 24.9 Å². The summed E-state index contributed by atoms with van der Waals surface area (Å²) in [7, 11) is 0. The van der Waals surface area contributed by atoms with Crippen LogP contribution in [0.15, 0.2) is 30.3 Å². The third-order valence-corrected chi connectivity index (χ3v) is 7.56. The zero-order chi connectivity index (χ0) is 33.6. The molecule has 4 amide bonds. The molecule has 0 radical (unpaired) electrons. The number of rotatable bonds is 19. The molecular formula is C33H55N5O6. The first-order valence-electron chi connectivity index (χ1n) is 15.8. The van der Waals surface area contributed by atoms with Crippen molar-refractivity contribution < 1.29 is 29.1 Å². The van der Waals surface area contributed by atoms with E-state index in [-0.39, 0.29) is 41.9 Å². The van der Waals surface area contributed by atoms with Crippen LogP contribution in [0, 0.1) is 23.7 Å². The van der Waals surface area contributed by atoms with Gasteiger partial charge in [-0.25, -0.2) is 4.79 Å². The average Bonchev–Trinajstić information content (AvgIpc) is 2.92. The molecule has 1 aromatic carbocycles. The second-order valence-electron chi connectivity index (χ2n) is 13.0. The van der Waals surface area contributed by atoms with Gasteiger partial charge in [-0.05, 0) is 42.1 Å². The molecule has 0 aliphatic carbocycles. The molecule has 11 nitrogen and oxygen atoms in total. The molecule has 0 saturated heterocycles. The van der Waals surface area contributed by atoms with E-state index in [0.29, 0.717) is 25.7 Å². The normalized spacial score (nSPS) is 15.5. The quantitative estimate of drug-likeness (QED) is 0.138. The largest absolute Gasteiger partial charge is 0.480 e. The highest BCUT2D eigenvalue weighted by Crippen LogP contribution is 2.14. The van der Waals surface area contributed by atoms with Gasteiger partial charge in [0.25, 0.3) is 0 Å². The third kappa shape index (κ3) is 13.9. The second-order valence-corrected chi connectivity index (χ2v) is 13.0. The number of aliphatic carboxylic acids is 1. The Balaban J connectivity index is 3.15. The summed E-state index contributed by atoms with van der Waals surface area (Å²) < 4.78 is 0. The van der Waals surface area contributed by atoms with Gasteiger partial charge < -0.3 is 32.1 Å². The van der Waals surface area contributed by atoms with Crippen molar-refractivity contribution in [1.82, 2.24) is 21.3 Å². The number of carboxylic acids is 1. The number of benzene rings is 1. The van der Waals surface area contributed by atoms with Crippen LogP contribution in [-0.2, 0) is 30.4 Å². The maximum absolute atomic E-state index is 13.5. The van der Waals surface area contributed by atoms with E-state index >= 15 is 0 Å². The zero-order valence-electron chi connectivity index (χ0n) is 27.7. The number of nitrogens with two attached hydrogens (primary N) is 1. The van der Waals surface area contributed by atoms with E-state index in [0.717, 1.165) is 5.56 Å². The third-order valence-electron chi connectivity index (χ3n) is 7.56. The topological polar surface area (TPSA) is 180 Å². The summed E-state index contributed by atoms with van der Waals surface area (Å²) in [4.78, 5) is 64.1. The highest BCUT2D eigenvalue weighted by Gasteiger charge is 2.33. The molecule has 0 fully saturated rings. The van der Waals surface area contributed by atoms with Crippen molar-refractivity contribution in [3.63, 3.8) is 0 Å². The lowest BCUT2D eigenvalue weighted by Crippen LogP contribution is -2.58. The minimum absolute atomic E-state index is 0.136. The summed E-state index contributed by atoms with van der Waals surface area (Å²) in [5.41, 5.74) is 7.47. The minimum atomic E-state index is -1.15. The molecule has 0 unspecified atom stereocenters. The van der Waals surface area contributed by atoms with Crippen molar-refractivity contribution in [1.29, 1.82) is 0 Å². The SMILES string of the molecule is CC[C@H](C)[C@H](NC(=O)C[C@H](N)[C@H](Cc1ccccc1)NC(=O)[C@H](CC(C)C)NC(=O)CC(C)C)C(=O)N[C@H](C(=O)O)C(C)C. The Hall–Kier alpha value is -3.47. The molecule has 0 heterocycles. The lowest BCUT2D eigenvalue weighted by molar-refractivity contribution is -0.143. The molecule has 0 aromatic heterocycles. The summed E-state index contributed by atoms with van der Waals surface area (Å²) in [5, 5.41) is 20.7. The molecule has 1 aromatic rings. The molecule has 0 saturated carbocycles. The van der Waals surface area contributed by atoms with Crippen LogP contribution in [0.4, 0.5) is 0 Å². The first-order chi connectivity index (χ1) is 20.5. The Kier molecular flexibility index (Phi) is 16.7. The van der Waals surface area contributed by atoms with E-state index in [1.54, 1.807) is 20.8 Å². The van der Waals surface area contributed by atoms with Crippen LogP contribution >= 0.6 is 0 Å². The molecule has 11 heteroatoms. The molecule has 1 rings (SSSR count). The van der Waals surface area contributed by atoms with Crippen LogP contribution in [0.25, 0.3) is 0 Å². The number of carboxylic acid groups (broad SMARTS) is 1. The molecule has 0 spiro atoms. The van der Waals surface area contributed by atoms with E-state index in [9.17, 15) is 29.1 Å². The number of carbonyl (C=O) groups is 5. The second kappa shape index (κ2) is 19.0. The van der Waals surface area contributed by atoms with Crippen LogP contribution in [-0.4, -0.2) is 64.9 Å². The van der Waals surface area contributed by atoms with Crippen molar-refractivity contribution in [2.45, 2.75) is 118 Å². The number of amides is 4. The van der Waals surface area contributed by atoms with Gasteiger partial charge in [0.05, 0.1) is 0 Å². The smallest absolute Gasteiger partial charge is 0.326 e. The lowest BCUT2D eigenvalue weighted by Gasteiger charge is -2.30. The molecule has 248 valence electrons. The predicted molar refractivity (Wildman–Crippen MR) is 171 cm³/mol. The first-order valence-corrected chi connectivity index (χ1v) is 15.8. The molecule has 6 atom stereocenters. The van der Waals surface area contributed by atoms with Gasteiger partial charge in [-0.3, -0.25) is 19.2 Å². The van der Waals surface area contributed by atoms with Gasteiger partial charge in [-0.2, -0.15) is 0 Å². The maximum Gasteiger partial charge on any atom is 0.326 e. The summed E-state index contributed by atoms with van der Waals surface area (Å²) in [6, 6.07) is 5.12. The van der Waals surface area contributed by atoms with Crippen LogP contribution < -0.4 is 27.0 Å². The Labute approximate surface area is 262 Å². The molecule has 0 bridgehead atoms. The van der Waals surface area contributed by atoms with Crippen molar-refractivity contribution in [2.75, 3.05) is 0 Å². The number of nitrogens with one attached hydrogen (secondary N) is 4. The number of hydrogen-bond acceptors (Lipinski definition) is 6. The van der Waals surface area contributed by atoms with Gasteiger partial charge in [0.15, 0.2) is 0 Å². The fourth-order valence-corrected chi connectivity index (χ4v) is 4.83. The summed E-state index contributed by atoms with van der Waals surface area (Å²) in [5.74, 6) is -3.16. The van der Waals surface area contributed by atoms with Gasteiger partial charge in [-0.1, -0.05) is 92.1 Å². The number of hydrogen-bond donors (Lipinski definition) is 6. The van der Waals surface area contributed by atoms with Gasteiger partial charge >= 0.3 is 5.97 Å². The van der Waals surface area contributed by atoms with Crippen LogP contribution in [0.2, 0.25) is 0 Å². The van der Waals surface area contributed by atoms with Crippen molar-refractivity contribution in [2.24, 2.45) is 29.4 Å². The average molecular weight is 618 g/mol. The van der Waals surface area contributed by atoms with Gasteiger partial charge in [0.2, 0.25) is 23.6 Å². The van der Waals surface area contributed by atoms with Crippen LogP contribution in [0.1, 0.15) is 86.6 Å². The highest BCUT2D eigenvalue weighted by atomic mass is 16.4. The fourth-order valence-electron chi connectivity index (χ4n) is 4.83. The fraction of sp³-hybridized carbons (Fsp3) is 0.667. The molecule has 0 aliphatic rings. The molecule has 44 heavy (non-hydrogen) atoms. The molecule has 0 aliphatic heterocycles. The highest BCUT2D eigenvalue weighted by molar-refractivity contribution is 5.91.